The van der Waals surface area contributed by atoms with Gasteiger partial charge in [-0.25, -0.2) is 0 Å². The fourth-order valence-electron chi connectivity index (χ4n) is 3.46. The van der Waals surface area contributed by atoms with Gasteiger partial charge in [-0.05, 0) is 34.9 Å². The van der Waals surface area contributed by atoms with Gasteiger partial charge in [-0.2, -0.15) is 0 Å². The van der Waals surface area contributed by atoms with Crippen molar-refractivity contribution in [2.24, 2.45) is 11.1 Å². The monoisotopic (exact) mass is 245 g/mol. The summed E-state index contributed by atoms with van der Waals surface area (Å²) >= 11 is 0. The highest BCUT2D eigenvalue weighted by molar-refractivity contribution is 5.35. The van der Waals surface area contributed by atoms with Crippen molar-refractivity contribution in [1.82, 2.24) is 0 Å². The van der Waals surface area contributed by atoms with Crippen LogP contribution in [-0.2, 0) is 18.0 Å². The minimum absolute atomic E-state index is 0.170. The van der Waals surface area contributed by atoms with Crippen LogP contribution in [0.25, 0.3) is 0 Å². The van der Waals surface area contributed by atoms with Crippen LogP contribution in [0.3, 0.4) is 0 Å². The van der Waals surface area contributed by atoms with Crippen LogP contribution >= 0.6 is 0 Å². The zero-order valence-electron chi connectivity index (χ0n) is 11.2. The molecule has 18 heavy (non-hydrogen) atoms. The fourth-order valence-corrected chi connectivity index (χ4v) is 3.46. The summed E-state index contributed by atoms with van der Waals surface area (Å²) in [6.07, 6.45) is 6.57. The van der Waals surface area contributed by atoms with Crippen molar-refractivity contribution in [1.29, 1.82) is 0 Å². The van der Waals surface area contributed by atoms with E-state index in [9.17, 15) is 0 Å². The average Bonchev–Trinajstić information content (AvgIpc) is 2.86. The average molecular weight is 245 g/mol. The number of hydrogen-bond acceptors (Lipinski definition) is 2. The highest BCUT2D eigenvalue weighted by Crippen LogP contribution is 2.44. The molecule has 1 aromatic rings. The highest BCUT2D eigenvalue weighted by Gasteiger charge is 2.34. The molecular weight excluding hydrogens is 222 g/mol. The molecule has 2 heteroatoms. The summed E-state index contributed by atoms with van der Waals surface area (Å²) in [6, 6.07) is 6.85. The Morgan fingerprint density at radius 1 is 1.11 bits per heavy atom. The molecule has 1 aliphatic heterocycles. The van der Waals surface area contributed by atoms with Gasteiger partial charge in [0, 0.05) is 6.04 Å². The first-order valence-corrected chi connectivity index (χ1v) is 7.14. The molecule has 0 spiro atoms. The van der Waals surface area contributed by atoms with Crippen molar-refractivity contribution in [2.75, 3.05) is 0 Å². The summed E-state index contributed by atoms with van der Waals surface area (Å²) in [5.41, 5.74) is 10.8. The van der Waals surface area contributed by atoms with E-state index in [1.54, 1.807) is 0 Å². The van der Waals surface area contributed by atoms with Crippen LogP contribution in [0.5, 0.6) is 0 Å². The fraction of sp³-hybridized carbons (Fsp3) is 0.625. The Kier molecular flexibility index (Phi) is 3.16. The number of rotatable bonds is 2. The molecule has 1 aromatic carbocycles. The van der Waals surface area contributed by atoms with Gasteiger partial charge in [-0.1, -0.05) is 44.4 Å². The topological polar surface area (TPSA) is 35.2 Å². The molecule has 98 valence electrons. The molecule has 1 atom stereocenters. The van der Waals surface area contributed by atoms with Crippen LogP contribution in [0.15, 0.2) is 18.2 Å². The molecule has 1 unspecified atom stereocenters. The zero-order valence-corrected chi connectivity index (χ0v) is 11.2. The first-order chi connectivity index (χ1) is 8.69. The summed E-state index contributed by atoms with van der Waals surface area (Å²) in [6.45, 7) is 3.88. The molecule has 0 amide bonds. The molecule has 0 bridgehead atoms. The van der Waals surface area contributed by atoms with Gasteiger partial charge in [0.2, 0.25) is 0 Å². The van der Waals surface area contributed by atoms with Gasteiger partial charge >= 0.3 is 0 Å². The van der Waals surface area contributed by atoms with Crippen LogP contribution in [0.2, 0.25) is 0 Å². The normalized spacial score (nSPS) is 23.7. The van der Waals surface area contributed by atoms with Crippen molar-refractivity contribution < 1.29 is 4.74 Å². The predicted molar refractivity (Wildman–Crippen MR) is 73.1 cm³/mol. The van der Waals surface area contributed by atoms with Gasteiger partial charge in [-0.3, -0.25) is 0 Å². The number of nitrogens with two attached hydrogens (primary N) is 1. The first kappa shape index (κ1) is 12.2. The first-order valence-electron chi connectivity index (χ1n) is 7.14. The standard InChI is InChI=1S/C16H23NO/c1-16(7-3-2-4-8-16)15(17)12-5-6-13-10-18-11-14(13)9-12/h5-6,9,15H,2-4,7-8,10-11,17H2,1H3. The van der Waals surface area contributed by atoms with E-state index in [0.29, 0.717) is 0 Å². The molecule has 1 saturated carbocycles. The Balaban J connectivity index is 1.85. The Morgan fingerprint density at radius 2 is 1.83 bits per heavy atom. The number of benzene rings is 1. The van der Waals surface area contributed by atoms with E-state index in [-0.39, 0.29) is 11.5 Å². The lowest BCUT2D eigenvalue weighted by molar-refractivity contribution is 0.134. The molecule has 3 rings (SSSR count). The minimum Gasteiger partial charge on any atom is -0.372 e. The maximum absolute atomic E-state index is 6.56. The molecule has 0 aromatic heterocycles. The lowest BCUT2D eigenvalue weighted by atomic mass is 9.69. The molecule has 1 heterocycles. The Morgan fingerprint density at radius 3 is 2.61 bits per heavy atom. The summed E-state index contributed by atoms with van der Waals surface area (Å²) in [4.78, 5) is 0. The number of hydrogen-bond donors (Lipinski definition) is 1. The lowest BCUT2D eigenvalue weighted by Gasteiger charge is -2.39. The quantitative estimate of drug-likeness (QED) is 0.862. The number of ether oxygens (including phenoxy) is 1. The molecule has 1 fully saturated rings. The third-order valence-electron chi connectivity index (χ3n) is 4.85. The molecule has 0 radical (unpaired) electrons. The van der Waals surface area contributed by atoms with Crippen molar-refractivity contribution in [3.63, 3.8) is 0 Å². The summed E-state index contributed by atoms with van der Waals surface area (Å²) in [5, 5.41) is 0. The van der Waals surface area contributed by atoms with Crippen LogP contribution in [-0.4, -0.2) is 0 Å². The maximum Gasteiger partial charge on any atom is 0.0725 e. The van der Waals surface area contributed by atoms with Gasteiger partial charge in [0.15, 0.2) is 0 Å². The van der Waals surface area contributed by atoms with Crippen LogP contribution in [0.1, 0.15) is 61.8 Å². The SMILES string of the molecule is CC1(C(N)c2ccc3c(c2)COC3)CCCCC1. The van der Waals surface area contributed by atoms with Gasteiger partial charge in [0.25, 0.3) is 0 Å². The second-order valence-electron chi connectivity index (χ2n) is 6.21. The van der Waals surface area contributed by atoms with Crippen molar-refractivity contribution >= 4 is 0 Å². The maximum atomic E-state index is 6.56. The van der Waals surface area contributed by atoms with Crippen molar-refractivity contribution in [2.45, 2.75) is 58.3 Å². The minimum atomic E-state index is 0.170. The van der Waals surface area contributed by atoms with E-state index in [0.717, 1.165) is 13.2 Å². The van der Waals surface area contributed by atoms with Crippen LogP contribution in [0.4, 0.5) is 0 Å². The van der Waals surface area contributed by atoms with E-state index in [1.807, 2.05) is 0 Å². The highest BCUT2D eigenvalue weighted by atomic mass is 16.5. The van der Waals surface area contributed by atoms with Crippen molar-refractivity contribution in [3.05, 3.63) is 34.9 Å². The predicted octanol–water partition coefficient (Wildman–Crippen LogP) is 3.69. The molecule has 2 nitrogen and oxygen atoms in total. The van der Waals surface area contributed by atoms with E-state index in [1.165, 1.54) is 48.8 Å². The van der Waals surface area contributed by atoms with E-state index in [2.05, 4.69) is 25.1 Å². The molecule has 2 aliphatic rings. The van der Waals surface area contributed by atoms with E-state index >= 15 is 0 Å². The van der Waals surface area contributed by atoms with Gasteiger partial charge < -0.3 is 10.5 Å². The van der Waals surface area contributed by atoms with Gasteiger partial charge in [0.05, 0.1) is 13.2 Å². The third-order valence-corrected chi connectivity index (χ3v) is 4.85. The Hall–Kier alpha value is -0.860. The smallest absolute Gasteiger partial charge is 0.0725 e. The van der Waals surface area contributed by atoms with Crippen molar-refractivity contribution in [3.8, 4) is 0 Å². The van der Waals surface area contributed by atoms with Crippen LogP contribution < -0.4 is 5.73 Å². The summed E-state index contributed by atoms with van der Waals surface area (Å²) in [7, 11) is 0. The Bertz CT molecular complexity index is 435. The molecule has 0 saturated heterocycles. The largest absolute Gasteiger partial charge is 0.372 e. The van der Waals surface area contributed by atoms with Gasteiger partial charge in [0.1, 0.15) is 0 Å². The summed E-state index contributed by atoms with van der Waals surface area (Å²) in [5.74, 6) is 0. The number of fused-ring (bicyclic) bond motifs is 1. The van der Waals surface area contributed by atoms with E-state index < -0.39 is 0 Å². The molecule has 2 N–H and O–H groups in total. The second kappa shape index (κ2) is 4.67. The third kappa shape index (κ3) is 2.08. The molecule has 1 aliphatic carbocycles. The van der Waals surface area contributed by atoms with E-state index in [4.69, 9.17) is 10.5 Å². The lowest BCUT2D eigenvalue weighted by Crippen LogP contribution is -2.33. The summed E-state index contributed by atoms with van der Waals surface area (Å²) < 4.78 is 5.48. The Labute approximate surface area is 110 Å². The second-order valence-corrected chi connectivity index (χ2v) is 6.21. The molecular formula is C16H23NO. The zero-order chi connectivity index (χ0) is 12.6. The van der Waals surface area contributed by atoms with Crippen LogP contribution in [0, 0.1) is 5.41 Å². The van der Waals surface area contributed by atoms with Gasteiger partial charge in [-0.15, -0.1) is 0 Å².